The van der Waals surface area contributed by atoms with Gasteiger partial charge in [-0.25, -0.2) is 0 Å². The Bertz CT molecular complexity index is 755. The van der Waals surface area contributed by atoms with E-state index in [2.05, 4.69) is 46.3 Å². The van der Waals surface area contributed by atoms with Gasteiger partial charge in [0.05, 0.1) is 19.2 Å². The topological polar surface area (TPSA) is 44.8 Å². The minimum Gasteiger partial charge on any atom is -0.497 e. The number of methoxy groups -OCH3 is 1. The molecule has 1 aliphatic rings. The summed E-state index contributed by atoms with van der Waals surface area (Å²) in [6, 6.07) is 18.4. The summed E-state index contributed by atoms with van der Waals surface area (Å²) in [5.74, 6) is 0.989. The van der Waals surface area contributed by atoms with Crippen LogP contribution >= 0.6 is 0 Å². The largest absolute Gasteiger partial charge is 0.497 e. The van der Waals surface area contributed by atoms with Crippen LogP contribution in [0.5, 0.6) is 5.75 Å². The number of benzene rings is 2. The number of piperazine rings is 1. The molecule has 0 unspecified atom stereocenters. The highest BCUT2D eigenvalue weighted by molar-refractivity contribution is 5.81. The molecule has 2 aromatic rings. The van der Waals surface area contributed by atoms with Crippen molar-refractivity contribution in [1.29, 1.82) is 0 Å². The lowest BCUT2D eigenvalue weighted by Crippen LogP contribution is -2.54. The second kappa shape index (κ2) is 10.3. The molecule has 1 fully saturated rings. The van der Waals surface area contributed by atoms with Crippen LogP contribution in [-0.2, 0) is 4.79 Å². The fraction of sp³-hybridized carbons (Fsp3) is 0.458. The van der Waals surface area contributed by atoms with Gasteiger partial charge in [0.15, 0.2) is 0 Å². The van der Waals surface area contributed by atoms with Gasteiger partial charge in [-0.1, -0.05) is 43.7 Å². The van der Waals surface area contributed by atoms with E-state index in [1.165, 1.54) is 11.3 Å². The molecule has 5 nitrogen and oxygen atoms in total. The van der Waals surface area contributed by atoms with Gasteiger partial charge in [0.2, 0.25) is 5.91 Å². The Labute approximate surface area is 174 Å². The van der Waals surface area contributed by atoms with E-state index in [1.807, 2.05) is 37.3 Å². The molecule has 1 aliphatic heterocycles. The third kappa shape index (κ3) is 5.51. The third-order valence-electron chi connectivity index (χ3n) is 5.77. The Hall–Kier alpha value is -2.53. The highest BCUT2D eigenvalue weighted by atomic mass is 16.5. The molecule has 0 aromatic heterocycles. The lowest BCUT2D eigenvalue weighted by Gasteiger charge is -2.39. The molecule has 5 heteroatoms. The molecular weight excluding hydrogens is 362 g/mol. The van der Waals surface area contributed by atoms with Crippen molar-refractivity contribution in [3.8, 4) is 5.75 Å². The maximum atomic E-state index is 12.9. The maximum Gasteiger partial charge on any atom is 0.237 e. The summed E-state index contributed by atoms with van der Waals surface area (Å²) in [7, 11) is 1.68. The van der Waals surface area contributed by atoms with E-state index < -0.39 is 0 Å². The highest BCUT2D eigenvalue weighted by Gasteiger charge is 2.27. The number of rotatable bonds is 8. The predicted octanol–water partition coefficient (Wildman–Crippen LogP) is 3.86. The monoisotopic (exact) mass is 395 g/mol. The zero-order chi connectivity index (χ0) is 20.6. The van der Waals surface area contributed by atoms with Gasteiger partial charge in [0.25, 0.3) is 0 Å². The van der Waals surface area contributed by atoms with Crippen LogP contribution in [0.15, 0.2) is 54.6 Å². The van der Waals surface area contributed by atoms with Gasteiger partial charge in [-0.3, -0.25) is 9.69 Å². The smallest absolute Gasteiger partial charge is 0.237 e. The van der Waals surface area contributed by atoms with Gasteiger partial charge in [0, 0.05) is 31.9 Å². The normalized spacial score (nSPS) is 16.9. The van der Waals surface area contributed by atoms with Crippen molar-refractivity contribution in [3.63, 3.8) is 0 Å². The quantitative estimate of drug-likeness (QED) is 0.737. The summed E-state index contributed by atoms with van der Waals surface area (Å²) >= 11 is 0. The van der Waals surface area contributed by atoms with Crippen LogP contribution in [0.25, 0.3) is 0 Å². The number of anilines is 1. The second-order valence-corrected chi connectivity index (χ2v) is 7.66. The minimum absolute atomic E-state index is 0.0803. The van der Waals surface area contributed by atoms with E-state index in [0.717, 1.165) is 44.8 Å². The van der Waals surface area contributed by atoms with Crippen LogP contribution in [0.3, 0.4) is 0 Å². The van der Waals surface area contributed by atoms with Crippen LogP contribution in [0.4, 0.5) is 5.69 Å². The SMILES string of the molecule is CCC[C@@H](NC(=O)[C@@H](C)N1CCN(c2ccc(OC)cc2)CC1)c1ccccc1. The van der Waals surface area contributed by atoms with Gasteiger partial charge in [0.1, 0.15) is 5.75 Å². The molecule has 2 aromatic carbocycles. The van der Waals surface area contributed by atoms with Gasteiger partial charge in [-0.2, -0.15) is 0 Å². The first kappa shape index (κ1) is 21.2. The molecule has 0 radical (unpaired) electrons. The van der Waals surface area contributed by atoms with Gasteiger partial charge < -0.3 is 15.0 Å². The van der Waals surface area contributed by atoms with Crippen LogP contribution < -0.4 is 15.0 Å². The van der Waals surface area contributed by atoms with Crippen LogP contribution in [-0.4, -0.2) is 50.1 Å². The molecule has 1 amide bonds. The number of carbonyl (C=O) groups excluding carboxylic acids is 1. The molecule has 2 atom stereocenters. The molecule has 0 saturated carbocycles. The molecule has 0 spiro atoms. The molecule has 0 bridgehead atoms. The zero-order valence-corrected chi connectivity index (χ0v) is 17.8. The summed E-state index contributed by atoms with van der Waals surface area (Å²) in [6.07, 6.45) is 1.99. The molecule has 29 heavy (non-hydrogen) atoms. The van der Waals surface area contributed by atoms with Crippen molar-refractivity contribution < 1.29 is 9.53 Å². The average Bonchev–Trinajstić information content (AvgIpc) is 2.79. The third-order valence-corrected chi connectivity index (χ3v) is 5.77. The van der Waals surface area contributed by atoms with Crippen molar-refractivity contribution in [2.75, 3.05) is 38.2 Å². The van der Waals surface area contributed by atoms with E-state index in [1.54, 1.807) is 7.11 Å². The van der Waals surface area contributed by atoms with E-state index in [-0.39, 0.29) is 18.0 Å². The number of amides is 1. The molecule has 3 rings (SSSR count). The molecule has 156 valence electrons. The van der Waals surface area contributed by atoms with Crippen molar-refractivity contribution in [3.05, 3.63) is 60.2 Å². The number of nitrogens with one attached hydrogen (secondary N) is 1. The zero-order valence-electron chi connectivity index (χ0n) is 17.8. The van der Waals surface area contributed by atoms with Crippen molar-refractivity contribution in [2.45, 2.75) is 38.8 Å². The van der Waals surface area contributed by atoms with Crippen LogP contribution in [0, 0.1) is 0 Å². The Morgan fingerprint density at radius 2 is 1.69 bits per heavy atom. The Morgan fingerprint density at radius 3 is 2.28 bits per heavy atom. The molecule has 0 aliphatic carbocycles. The Morgan fingerprint density at radius 1 is 1.03 bits per heavy atom. The van der Waals surface area contributed by atoms with Gasteiger partial charge in [-0.15, -0.1) is 0 Å². The van der Waals surface area contributed by atoms with E-state index >= 15 is 0 Å². The molecule has 1 N–H and O–H groups in total. The predicted molar refractivity (Wildman–Crippen MR) is 118 cm³/mol. The molecular formula is C24H33N3O2. The Kier molecular flexibility index (Phi) is 7.53. The van der Waals surface area contributed by atoms with Crippen LogP contribution in [0.2, 0.25) is 0 Å². The summed E-state index contributed by atoms with van der Waals surface area (Å²) in [5, 5.41) is 3.28. The maximum absolute atomic E-state index is 12.9. The van der Waals surface area contributed by atoms with Crippen LogP contribution in [0.1, 0.15) is 38.3 Å². The number of nitrogens with zero attached hydrogens (tertiary/aromatic N) is 2. The van der Waals surface area contributed by atoms with E-state index in [0.29, 0.717) is 0 Å². The van der Waals surface area contributed by atoms with E-state index in [4.69, 9.17) is 4.74 Å². The van der Waals surface area contributed by atoms with Gasteiger partial charge >= 0.3 is 0 Å². The van der Waals surface area contributed by atoms with E-state index in [9.17, 15) is 4.79 Å². The lowest BCUT2D eigenvalue weighted by molar-refractivity contribution is -0.126. The number of ether oxygens (including phenoxy) is 1. The number of hydrogen-bond donors (Lipinski definition) is 1. The standard InChI is InChI=1S/C24H33N3O2/c1-4-8-23(20-9-6-5-7-10-20)25-24(28)19(2)26-15-17-27(18-16-26)21-11-13-22(29-3)14-12-21/h5-7,9-14,19,23H,4,8,15-18H2,1-3H3,(H,25,28)/t19-,23-/m1/s1. The first-order chi connectivity index (χ1) is 14.1. The fourth-order valence-electron chi connectivity index (χ4n) is 3.91. The lowest BCUT2D eigenvalue weighted by atomic mass is 10.0. The average molecular weight is 396 g/mol. The van der Waals surface area contributed by atoms with Gasteiger partial charge in [-0.05, 0) is 43.2 Å². The number of carbonyl (C=O) groups is 1. The fourth-order valence-corrected chi connectivity index (χ4v) is 3.91. The Balaban J connectivity index is 1.54. The number of hydrogen-bond acceptors (Lipinski definition) is 4. The molecule has 1 heterocycles. The summed E-state index contributed by atoms with van der Waals surface area (Å²) < 4.78 is 5.24. The molecule has 1 saturated heterocycles. The summed E-state index contributed by atoms with van der Waals surface area (Å²) in [6.45, 7) is 7.77. The van der Waals surface area contributed by atoms with Crippen molar-refractivity contribution in [2.24, 2.45) is 0 Å². The van der Waals surface area contributed by atoms with Crippen molar-refractivity contribution >= 4 is 11.6 Å². The van der Waals surface area contributed by atoms with Crippen molar-refractivity contribution in [1.82, 2.24) is 10.2 Å². The first-order valence-corrected chi connectivity index (χ1v) is 10.6. The second-order valence-electron chi connectivity index (χ2n) is 7.66. The summed E-state index contributed by atoms with van der Waals surface area (Å²) in [4.78, 5) is 17.6. The summed E-state index contributed by atoms with van der Waals surface area (Å²) in [5.41, 5.74) is 2.38. The first-order valence-electron chi connectivity index (χ1n) is 10.6. The highest BCUT2D eigenvalue weighted by Crippen LogP contribution is 2.22. The minimum atomic E-state index is -0.129.